The van der Waals surface area contributed by atoms with Crippen molar-refractivity contribution in [2.24, 2.45) is 0 Å². The van der Waals surface area contributed by atoms with E-state index in [0.717, 1.165) is 24.3 Å². The number of aromatic nitrogens is 6. The summed E-state index contributed by atoms with van der Waals surface area (Å²) in [6, 6.07) is 12.4. The van der Waals surface area contributed by atoms with Crippen LogP contribution in [0, 0.1) is 13.8 Å². The van der Waals surface area contributed by atoms with Crippen LogP contribution in [0.3, 0.4) is 0 Å². The van der Waals surface area contributed by atoms with Crippen molar-refractivity contribution in [3.05, 3.63) is 107 Å². The molecule has 0 atom stereocenters. The summed E-state index contributed by atoms with van der Waals surface area (Å²) < 4.78 is 82.8. The molecule has 0 bridgehead atoms. The number of fused-ring (bicyclic) bond motifs is 2. The quantitative estimate of drug-likeness (QED) is 0.166. The number of ketones is 1. The van der Waals surface area contributed by atoms with Crippen LogP contribution in [-0.2, 0) is 12.4 Å². The number of aryl methyl sites for hydroxylation is 2. The van der Waals surface area contributed by atoms with E-state index in [9.17, 15) is 31.1 Å². The third-order valence-electron chi connectivity index (χ3n) is 6.81. The number of rotatable bonds is 4. The highest BCUT2D eigenvalue weighted by molar-refractivity contribution is 6.17. The Morgan fingerprint density at radius 3 is 1.43 bits per heavy atom. The molecule has 7 nitrogen and oxygen atoms in total. The third-order valence-corrected chi connectivity index (χ3v) is 6.81. The van der Waals surface area contributed by atoms with Crippen LogP contribution in [-0.4, -0.2) is 35.0 Å². The Morgan fingerprint density at radius 1 is 0.643 bits per heavy atom. The normalized spacial score (nSPS) is 12.4. The Kier molecular flexibility index (Phi) is 6.13. The molecule has 0 saturated carbocycles. The van der Waals surface area contributed by atoms with E-state index in [0.29, 0.717) is 0 Å². The fraction of sp³-hybridized carbons (Fsp3) is 0.138. The number of carbonyl (C=O) groups is 1. The first-order valence-corrected chi connectivity index (χ1v) is 12.4. The van der Waals surface area contributed by atoms with Crippen molar-refractivity contribution in [3.63, 3.8) is 0 Å². The van der Waals surface area contributed by atoms with Crippen LogP contribution in [0.4, 0.5) is 26.3 Å². The number of hydrogen-bond acceptors (Lipinski definition) is 5. The molecule has 6 aromatic rings. The molecular formula is C29H18F6N6O. The van der Waals surface area contributed by atoms with E-state index in [1.54, 1.807) is 13.8 Å². The fourth-order valence-corrected chi connectivity index (χ4v) is 4.91. The van der Waals surface area contributed by atoms with E-state index in [1.807, 2.05) is 0 Å². The number of alkyl halides is 6. The summed E-state index contributed by atoms with van der Waals surface area (Å²) in [7, 11) is 0. The van der Waals surface area contributed by atoms with Gasteiger partial charge in [-0.1, -0.05) is 24.3 Å². The minimum absolute atomic E-state index is 0.0908. The first-order chi connectivity index (χ1) is 19.8. The number of carbonyl (C=O) groups excluding carboxylic acids is 1. The third kappa shape index (κ3) is 4.46. The number of hydrogen-bond donors (Lipinski definition) is 0. The Labute approximate surface area is 233 Å². The molecule has 0 aliphatic heterocycles. The van der Waals surface area contributed by atoms with Crippen LogP contribution in [0.5, 0.6) is 0 Å². The van der Waals surface area contributed by atoms with Crippen LogP contribution >= 0.6 is 0 Å². The molecule has 2 aromatic carbocycles. The molecule has 42 heavy (non-hydrogen) atoms. The van der Waals surface area contributed by atoms with Gasteiger partial charge in [-0.15, -0.1) is 0 Å². The monoisotopic (exact) mass is 580 g/mol. The lowest BCUT2D eigenvalue weighted by Crippen LogP contribution is -2.07. The molecule has 0 unspecified atom stereocenters. The van der Waals surface area contributed by atoms with Gasteiger partial charge in [0.2, 0.25) is 5.78 Å². The summed E-state index contributed by atoms with van der Waals surface area (Å²) >= 11 is 0. The average Bonchev–Trinajstić information content (AvgIpc) is 3.47. The second-order valence-electron chi connectivity index (χ2n) is 9.54. The van der Waals surface area contributed by atoms with E-state index < -0.39 is 29.3 Å². The summed E-state index contributed by atoms with van der Waals surface area (Å²) in [5.41, 5.74) is 0.270. The van der Waals surface area contributed by atoms with Gasteiger partial charge in [-0.25, -0.2) is 19.0 Å². The van der Waals surface area contributed by atoms with Gasteiger partial charge in [0.15, 0.2) is 11.3 Å². The van der Waals surface area contributed by atoms with Gasteiger partial charge in [0.05, 0.1) is 45.0 Å². The van der Waals surface area contributed by atoms with Crippen molar-refractivity contribution in [1.29, 1.82) is 0 Å². The van der Waals surface area contributed by atoms with Gasteiger partial charge in [-0.05, 0) is 50.2 Å². The molecule has 0 N–H and O–H groups in total. The lowest BCUT2D eigenvalue weighted by molar-refractivity contribution is -0.138. The molecule has 6 rings (SSSR count). The molecule has 0 spiro atoms. The molecule has 0 radical (unpaired) electrons. The Bertz CT molecular complexity index is 1880. The molecule has 0 fully saturated rings. The maximum Gasteiger partial charge on any atom is 0.416 e. The van der Waals surface area contributed by atoms with Crippen LogP contribution in [0.2, 0.25) is 0 Å². The molecule has 212 valence electrons. The van der Waals surface area contributed by atoms with E-state index >= 15 is 0 Å². The molecule has 0 aliphatic rings. The van der Waals surface area contributed by atoms with E-state index in [-0.39, 0.29) is 56.3 Å². The van der Waals surface area contributed by atoms with Gasteiger partial charge >= 0.3 is 12.4 Å². The van der Waals surface area contributed by atoms with E-state index in [4.69, 9.17) is 0 Å². The first kappa shape index (κ1) is 27.1. The summed E-state index contributed by atoms with van der Waals surface area (Å²) in [5, 5.41) is 8.84. The average molecular weight is 580 g/mol. The highest BCUT2D eigenvalue weighted by atomic mass is 19.4. The summed E-state index contributed by atoms with van der Waals surface area (Å²) in [6.07, 6.45) is -6.36. The standard InChI is InChI=1S/C29H18F6N6O/c1-15-23(26-36-11-9-21(40(26)38-15)17-5-3-7-19(13-17)28(30,31)32)25(42)24-16(2)39-41-22(10-12-37-27(24)41)18-6-4-8-20(14-18)29(33,34)35/h3-14H,1-2H3. The SMILES string of the molecule is Cc1nn2c(-c3cccc(C(F)(F)F)c3)ccnc2c1C(=O)c1c(C)nn2c(-c3cccc(C(F)(F)F)c3)ccnc12. The predicted molar refractivity (Wildman–Crippen MR) is 140 cm³/mol. The zero-order valence-electron chi connectivity index (χ0n) is 21.8. The van der Waals surface area contributed by atoms with Crippen molar-refractivity contribution >= 4 is 17.1 Å². The van der Waals surface area contributed by atoms with Gasteiger partial charge in [-0.2, -0.15) is 36.5 Å². The zero-order valence-corrected chi connectivity index (χ0v) is 21.8. The molecule has 0 amide bonds. The molecule has 0 aliphatic carbocycles. The zero-order chi connectivity index (χ0) is 30.0. The van der Waals surface area contributed by atoms with Gasteiger partial charge < -0.3 is 0 Å². The van der Waals surface area contributed by atoms with Crippen LogP contribution in [0.15, 0.2) is 73.1 Å². The Morgan fingerprint density at radius 2 is 1.05 bits per heavy atom. The number of benzene rings is 2. The highest BCUT2D eigenvalue weighted by Gasteiger charge is 2.32. The van der Waals surface area contributed by atoms with Crippen LogP contribution in [0.1, 0.15) is 38.4 Å². The largest absolute Gasteiger partial charge is 0.416 e. The van der Waals surface area contributed by atoms with Crippen molar-refractivity contribution in [1.82, 2.24) is 29.2 Å². The van der Waals surface area contributed by atoms with Gasteiger partial charge in [-0.3, -0.25) is 4.79 Å². The van der Waals surface area contributed by atoms with E-state index in [2.05, 4.69) is 20.2 Å². The minimum atomic E-state index is -4.55. The van der Waals surface area contributed by atoms with Crippen LogP contribution < -0.4 is 0 Å². The molecule has 0 saturated heterocycles. The van der Waals surface area contributed by atoms with Crippen molar-refractivity contribution in [3.8, 4) is 22.5 Å². The fourth-order valence-electron chi connectivity index (χ4n) is 4.91. The molecular weight excluding hydrogens is 562 g/mol. The minimum Gasteiger partial charge on any atom is -0.288 e. The predicted octanol–water partition coefficient (Wildman–Crippen LogP) is 6.99. The lowest BCUT2D eigenvalue weighted by atomic mass is 10.0. The maximum atomic E-state index is 14.0. The van der Waals surface area contributed by atoms with Gasteiger partial charge in [0, 0.05) is 23.5 Å². The van der Waals surface area contributed by atoms with Crippen molar-refractivity contribution < 1.29 is 31.1 Å². The van der Waals surface area contributed by atoms with Crippen molar-refractivity contribution in [2.75, 3.05) is 0 Å². The topological polar surface area (TPSA) is 77.5 Å². The summed E-state index contributed by atoms with van der Waals surface area (Å²) in [6.45, 7) is 3.14. The smallest absolute Gasteiger partial charge is 0.288 e. The van der Waals surface area contributed by atoms with Crippen LogP contribution in [0.25, 0.3) is 33.8 Å². The molecule has 4 heterocycles. The van der Waals surface area contributed by atoms with Crippen molar-refractivity contribution in [2.45, 2.75) is 26.2 Å². The highest BCUT2D eigenvalue weighted by Crippen LogP contribution is 2.34. The molecule has 4 aromatic heterocycles. The Balaban J connectivity index is 1.49. The second-order valence-corrected chi connectivity index (χ2v) is 9.54. The van der Waals surface area contributed by atoms with E-state index in [1.165, 1.54) is 57.8 Å². The number of nitrogens with zero attached hydrogens (tertiary/aromatic N) is 6. The van der Waals surface area contributed by atoms with Gasteiger partial charge in [0.25, 0.3) is 0 Å². The molecule has 13 heteroatoms. The Hall–Kier alpha value is -5.07. The summed E-state index contributed by atoms with van der Waals surface area (Å²) in [4.78, 5) is 22.6. The first-order valence-electron chi connectivity index (χ1n) is 12.4. The maximum absolute atomic E-state index is 14.0. The number of halogens is 6. The van der Waals surface area contributed by atoms with Gasteiger partial charge in [0.1, 0.15) is 0 Å². The summed E-state index contributed by atoms with van der Waals surface area (Å²) in [5.74, 6) is -0.544. The lowest BCUT2D eigenvalue weighted by Gasteiger charge is -2.10. The second kappa shape index (κ2) is 9.50.